The molecule has 1 unspecified atom stereocenters. The number of rotatable bonds is 8. The normalized spacial score (nSPS) is 12.9. The Morgan fingerprint density at radius 1 is 1.45 bits per heavy atom. The third-order valence-corrected chi connectivity index (χ3v) is 2.37. The zero-order valence-electron chi connectivity index (χ0n) is 12.5. The molecule has 0 rings (SSSR count). The minimum Gasteiger partial charge on any atom is -0.445 e. The van der Waals surface area contributed by atoms with Crippen molar-refractivity contribution in [1.29, 1.82) is 0 Å². The third kappa shape index (κ3) is 11.3. The molecule has 0 saturated heterocycles. The summed E-state index contributed by atoms with van der Waals surface area (Å²) >= 11 is 0. The van der Waals surface area contributed by atoms with E-state index in [0.717, 1.165) is 6.42 Å². The number of alkyl carbamates (subject to hydrolysis) is 1. The SMILES string of the molecule is C=CCOC(=O)NC(C=NCC(N)=O)CCC(C)(C)C. The Labute approximate surface area is 120 Å². The summed E-state index contributed by atoms with van der Waals surface area (Å²) in [5.41, 5.74) is 5.15. The van der Waals surface area contributed by atoms with Gasteiger partial charge in [0.15, 0.2) is 0 Å². The van der Waals surface area contributed by atoms with Gasteiger partial charge in [-0.15, -0.1) is 0 Å². The minimum absolute atomic E-state index is 0.0879. The first-order chi connectivity index (χ1) is 9.24. The second-order valence-corrected chi connectivity index (χ2v) is 5.69. The van der Waals surface area contributed by atoms with Crippen molar-refractivity contribution >= 4 is 18.2 Å². The lowest BCUT2D eigenvalue weighted by atomic mass is 9.89. The van der Waals surface area contributed by atoms with Gasteiger partial charge in [0.2, 0.25) is 5.91 Å². The first-order valence-corrected chi connectivity index (χ1v) is 6.57. The van der Waals surface area contributed by atoms with E-state index >= 15 is 0 Å². The van der Waals surface area contributed by atoms with E-state index in [1.807, 2.05) is 0 Å². The molecule has 1 atom stereocenters. The fourth-order valence-electron chi connectivity index (χ4n) is 1.37. The molecule has 0 aromatic heterocycles. The number of carbonyl (C=O) groups excluding carboxylic acids is 2. The van der Waals surface area contributed by atoms with Gasteiger partial charge in [-0.2, -0.15) is 0 Å². The highest BCUT2D eigenvalue weighted by molar-refractivity contribution is 5.80. The maximum absolute atomic E-state index is 11.5. The summed E-state index contributed by atoms with van der Waals surface area (Å²) in [6.45, 7) is 9.86. The number of nitrogens with two attached hydrogens (primary N) is 1. The number of carbonyl (C=O) groups is 2. The van der Waals surface area contributed by atoms with Crippen LogP contribution in [0.15, 0.2) is 17.6 Å². The van der Waals surface area contributed by atoms with Crippen molar-refractivity contribution in [3.05, 3.63) is 12.7 Å². The standard InChI is InChI=1S/C14H25N3O3/c1-5-8-20-13(19)17-11(6-7-14(2,3)4)9-16-10-12(15)18/h5,9,11H,1,6-8,10H2,2-4H3,(H2,15,18)(H,17,19). The Morgan fingerprint density at radius 3 is 2.60 bits per heavy atom. The molecule has 0 aromatic rings. The molecular formula is C14H25N3O3. The smallest absolute Gasteiger partial charge is 0.407 e. The second-order valence-electron chi connectivity index (χ2n) is 5.69. The Balaban J connectivity index is 4.44. The van der Waals surface area contributed by atoms with Crippen LogP contribution in [0.5, 0.6) is 0 Å². The van der Waals surface area contributed by atoms with Crippen molar-refractivity contribution < 1.29 is 14.3 Å². The van der Waals surface area contributed by atoms with E-state index in [1.54, 1.807) is 0 Å². The Bertz CT molecular complexity index is 359. The van der Waals surface area contributed by atoms with Crippen LogP contribution in [0.1, 0.15) is 33.6 Å². The van der Waals surface area contributed by atoms with Crippen molar-refractivity contribution in [3.63, 3.8) is 0 Å². The number of nitrogens with one attached hydrogen (secondary N) is 1. The van der Waals surface area contributed by atoms with Crippen molar-refractivity contribution in [1.82, 2.24) is 5.32 Å². The summed E-state index contributed by atoms with van der Waals surface area (Å²) < 4.78 is 4.86. The summed E-state index contributed by atoms with van der Waals surface area (Å²) in [6.07, 6.45) is 4.09. The molecule has 20 heavy (non-hydrogen) atoms. The maximum Gasteiger partial charge on any atom is 0.407 e. The van der Waals surface area contributed by atoms with E-state index in [0.29, 0.717) is 6.42 Å². The number of hydrogen-bond acceptors (Lipinski definition) is 4. The molecule has 3 N–H and O–H groups in total. The zero-order chi connectivity index (χ0) is 15.6. The molecule has 0 aromatic carbocycles. The molecule has 114 valence electrons. The van der Waals surface area contributed by atoms with Gasteiger partial charge in [-0.1, -0.05) is 33.4 Å². The fraction of sp³-hybridized carbons (Fsp3) is 0.643. The zero-order valence-corrected chi connectivity index (χ0v) is 12.5. The van der Waals surface area contributed by atoms with Crippen LogP contribution in [0.2, 0.25) is 0 Å². The van der Waals surface area contributed by atoms with Gasteiger partial charge in [-0.25, -0.2) is 4.79 Å². The lowest BCUT2D eigenvalue weighted by Crippen LogP contribution is -2.37. The molecule has 6 heteroatoms. The minimum atomic E-state index is -0.533. The molecule has 0 aliphatic carbocycles. The van der Waals surface area contributed by atoms with E-state index in [1.165, 1.54) is 12.3 Å². The van der Waals surface area contributed by atoms with Gasteiger partial charge >= 0.3 is 6.09 Å². The quantitative estimate of drug-likeness (QED) is 0.524. The van der Waals surface area contributed by atoms with Gasteiger partial charge in [-0.05, 0) is 18.3 Å². The van der Waals surface area contributed by atoms with Crippen LogP contribution < -0.4 is 11.1 Å². The number of aliphatic imine (C=N–C) groups is 1. The number of hydrogen-bond donors (Lipinski definition) is 2. The van der Waals surface area contributed by atoms with Crippen molar-refractivity contribution in [2.45, 2.75) is 39.7 Å². The van der Waals surface area contributed by atoms with E-state index in [2.05, 4.69) is 37.7 Å². The van der Waals surface area contributed by atoms with Crippen molar-refractivity contribution in [2.75, 3.05) is 13.2 Å². The molecule has 0 aliphatic heterocycles. The summed E-state index contributed by atoms with van der Waals surface area (Å²) in [7, 11) is 0. The lowest BCUT2D eigenvalue weighted by Gasteiger charge is -2.21. The van der Waals surface area contributed by atoms with Crippen LogP contribution in [0, 0.1) is 5.41 Å². The highest BCUT2D eigenvalue weighted by Gasteiger charge is 2.16. The fourth-order valence-corrected chi connectivity index (χ4v) is 1.37. The molecule has 2 amide bonds. The molecule has 0 heterocycles. The first-order valence-electron chi connectivity index (χ1n) is 6.57. The molecule has 0 spiro atoms. The van der Waals surface area contributed by atoms with E-state index in [4.69, 9.17) is 10.5 Å². The number of ether oxygens (including phenoxy) is 1. The largest absolute Gasteiger partial charge is 0.445 e. The van der Waals surface area contributed by atoms with Crippen LogP contribution in [-0.4, -0.2) is 37.4 Å². The molecule has 0 aliphatic rings. The predicted octanol–water partition coefficient (Wildman–Crippen LogP) is 1.65. The average Bonchev–Trinajstić information content (AvgIpc) is 2.31. The summed E-state index contributed by atoms with van der Waals surface area (Å²) in [5, 5.41) is 2.69. The predicted molar refractivity (Wildman–Crippen MR) is 79.7 cm³/mol. The topological polar surface area (TPSA) is 93.8 Å². The summed E-state index contributed by atoms with van der Waals surface area (Å²) in [4.78, 5) is 26.1. The second kappa shape index (κ2) is 9.12. The monoisotopic (exact) mass is 283 g/mol. The Hall–Kier alpha value is -1.85. The Morgan fingerprint density at radius 2 is 2.10 bits per heavy atom. The van der Waals surface area contributed by atoms with Crippen LogP contribution in [-0.2, 0) is 9.53 Å². The van der Waals surface area contributed by atoms with Gasteiger partial charge in [-0.3, -0.25) is 9.79 Å². The van der Waals surface area contributed by atoms with Gasteiger partial charge in [0, 0.05) is 6.21 Å². The molecule has 0 fully saturated rings. The number of primary amides is 1. The highest BCUT2D eigenvalue weighted by Crippen LogP contribution is 2.21. The van der Waals surface area contributed by atoms with E-state index < -0.39 is 12.0 Å². The molecular weight excluding hydrogens is 258 g/mol. The average molecular weight is 283 g/mol. The van der Waals surface area contributed by atoms with Crippen LogP contribution in [0.4, 0.5) is 4.79 Å². The molecule has 0 bridgehead atoms. The van der Waals surface area contributed by atoms with Crippen molar-refractivity contribution in [3.8, 4) is 0 Å². The molecule has 0 radical (unpaired) electrons. The summed E-state index contributed by atoms with van der Waals surface area (Å²) in [5.74, 6) is -0.509. The van der Waals surface area contributed by atoms with Gasteiger partial charge in [0.05, 0.1) is 6.04 Å². The van der Waals surface area contributed by atoms with Crippen LogP contribution in [0.3, 0.4) is 0 Å². The highest BCUT2D eigenvalue weighted by atomic mass is 16.5. The van der Waals surface area contributed by atoms with E-state index in [-0.39, 0.29) is 24.6 Å². The van der Waals surface area contributed by atoms with Crippen LogP contribution in [0.25, 0.3) is 0 Å². The number of nitrogens with zero attached hydrogens (tertiary/aromatic N) is 1. The molecule has 0 saturated carbocycles. The third-order valence-electron chi connectivity index (χ3n) is 2.37. The van der Waals surface area contributed by atoms with Gasteiger partial charge in [0.1, 0.15) is 13.2 Å². The summed E-state index contributed by atoms with van der Waals surface area (Å²) in [6, 6.07) is -0.286. The number of amides is 2. The van der Waals surface area contributed by atoms with E-state index in [9.17, 15) is 9.59 Å². The van der Waals surface area contributed by atoms with Gasteiger partial charge in [0.25, 0.3) is 0 Å². The van der Waals surface area contributed by atoms with Crippen molar-refractivity contribution in [2.24, 2.45) is 16.1 Å². The van der Waals surface area contributed by atoms with Gasteiger partial charge < -0.3 is 15.8 Å². The maximum atomic E-state index is 11.5. The Kier molecular flexibility index (Phi) is 8.27. The lowest BCUT2D eigenvalue weighted by molar-refractivity contribution is -0.116. The molecule has 6 nitrogen and oxygen atoms in total. The first kappa shape index (κ1) is 18.1. The van der Waals surface area contributed by atoms with Crippen LogP contribution >= 0.6 is 0 Å².